The van der Waals surface area contributed by atoms with Gasteiger partial charge in [-0.1, -0.05) is 24.3 Å². The summed E-state index contributed by atoms with van der Waals surface area (Å²) in [6.45, 7) is 5.01. The highest BCUT2D eigenvalue weighted by Crippen LogP contribution is 2.39. The number of Topliss-reactive ketones (excluding diaryl/α,β-unsaturated/α-hetero) is 1. The Morgan fingerprint density at radius 1 is 1.19 bits per heavy atom. The Labute approximate surface area is 188 Å². The molecule has 2 aromatic rings. The summed E-state index contributed by atoms with van der Waals surface area (Å²) in [6.07, 6.45) is 4.08. The maximum absolute atomic E-state index is 13.6. The van der Waals surface area contributed by atoms with Gasteiger partial charge in [0.2, 0.25) is 0 Å². The molecule has 1 spiro atoms. The van der Waals surface area contributed by atoms with E-state index in [0.717, 1.165) is 59.6 Å². The molecule has 7 nitrogen and oxygen atoms in total. The van der Waals surface area contributed by atoms with Crippen molar-refractivity contribution >= 4 is 17.7 Å². The first-order valence-corrected chi connectivity index (χ1v) is 11.3. The van der Waals surface area contributed by atoms with E-state index >= 15 is 0 Å². The van der Waals surface area contributed by atoms with Crippen LogP contribution in [0, 0.1) is 13.8 Å². The molecule has 7 heteroatoms. The van der Waals surface area contributed by atoms with Gasteiger partial charge in [0.1, 0.15) is 5.54 Å². The van der Waals surface area contributed by atoms with Crippen LogP contribution in [0.5, 0.6) is 0 Å². The molecule has 1 atom stereocenters. The summed E-state index contributed by atoms with van der Waals surface area (Å²) < 4.78 is 7.21. The molecule has 4 rings (SSSR count). The van der Waals surface area contributed by atoms with Crippen molar-refractivity contribution in [2.45, 2.75) is 58.0 Å². The molecule has 32 heavy (non-hydrogen) atoms. The fourth-order valence-electron chi connectivity index (χ4n) is 5.14. The van der Waals surface area contributed by atoms with Gasteiger partial charge in [-0.25, -0.2) is 4.79 Å². The fraction of sp³-hybridized carbons (Fsp3) is 0.480. The average Bonchev–Trinajstić information content (AvgIpc) is 3.10. The van der Waals surface area contributed by atoms with Crippen LogP contribution in [0.2, 0.25) is 0 Å². The molecule has 0 radical (unpaired) electrons. The molecule has 170 valence electrons. The Morgan fingerprint density at radius 2 is 1.97 bits per heavy atom. The number of methoxy groups -OCH3 is 1. The number of benzene rings is 1. The van der Waals surface area contributed by atoms with Crippen LogP contribution < -0.4 is 5.32 Å². The predicted molar refractivity (Wildman–Crippen MR) is 121 cm³/mol. The second-order valence-electron chi connectivity index (χ2n) is 8.80. The molecule has 3 amide bonds. The number of aromatic nitrogens is 1. The lowest BCUT2D eigenvalue weighted by Gasteiger charge is -2.27. The van der Waals surface area contributed by atoms with E-state index in [9.17, 15) is 14.4 Å². The molecule has 1 saturated heterocycles. The number of nitrogens with one attached hydrogen (secondary N) is 1. The van der Waals surface area contributed by atoms with Gasteiger partial charge in [0.15, 0.2) is 5.78 Å². The summed E-state index contributed by atoms with van der Waals surface area (Å²) in [7, 11) is 1.67. The third-order valence-electron chi connectivity index (χ3n) is 6.81. The minimum atomic E-state index is -1.07. The summed E-state index contributed by atoms with van der Waals surface area (Å²) >= 11 is 0. The van der Waals surface area contributed by atoms with E-state index < -0.39 is 11.6 Å². The minimum Gasteiger partial charge on any atom is -0.385 e. The number of rotatable bonds is 7. The molecule has 2 heterocycles. The number of amides is 3. The number of hydrogen-bond donors (Lipinski definition) is 1. The third-order valence-corrected chi connectivity index (χ3v) is 6.81. The third kappa shape index (κ3) is 3.75. The fourth-order valence-corrected chi connectivity index (χ4v) is 5.14. The average molecular weight is 438 g/mol. The summed E-state index contributed by atoms with van der Waals surface area (Å²) in [5.74, 6) is -0.544. The highest BCUT2D eigenvalue weighted by atomic mass is 16.5. The minimum absolute atomic E-state index is 0.224. The number of fused-ring (bicyclic) bond motifs is 2. The normalized spacial score (nSPS) is 20.4. The smallest absolute Gasteiger partial charge is 0.325 e. The van der Waals surface area contributed by atoms with Gasteiger partial charge in [0.05, 0.1) is 6.54 Å². The van der Waals surface area contributed by atoms with Crippen LogP contribution in [0.1, 0.15) is 58.6 Å². The van der Waals surface area contributed by atoms with Gasteiger partial charge >= 0.3 is 6.03 Å². The maximum Gasteiger partial charge on any atom is 0.325 e. The zero-order chi connectivity index (χ0) is 22.9. The Morgan fingerprint density at radius 3 is 2.75 bits per heavy atom. The van der Waals surface area contributed by atoms with E-state index in [0.29, 0.717) is 18.6 Å². The van der Waals surface area contributed by atoms with Crippen molar-refractivity contribution in [2.75, 3.05) is 20.3 Å². The molecular weight excluding hydrogens is 406 g/mol. The van der Waals surface area contributed by atoms with E-state index in [-0.39, 0.29) is 18.2 Å². The first-order chi connectivity index (χ1) is 15.4. The summed E-state index contributed by atoms with van der Waals surface area (Å²) in [5.41, 5.74) is 3.27. The van der Waals surface area contributed by atoms with Gasteiger partial charge in [-0.3, -0.25) is 14.5 Å². The van der Waals surface area contributed by atoms with Gasteiger partial charge in [-0.05, 0) is 63.1 Å². The number of carbonyl (C=O) groups is 3. The Hall–Kier alpha value is -2.93. The van der Waals surface area contributed by atoms with Crippen LogP contribution in [0.3, 0.4) is 0 Å². The van der Waals surface area contributed by atoms with Crippen LogP contribution in [0.15, 0.2) is 30.3 Å². The molecule has 1 aromatic carbocycles. The first kappa shape index (κ1) is 22.3. The predicted octanol–water partition coefficient (Wildman–Crippen LogP) is 3.50. The number of ketones is 1. The van der Waals surface area contributed by atoms with Crippen LogP contribution in [0.4, 0.5) is 4.79 Å². The Kier molecular flexibility index (Phi) is 6.20. The monoisotopic (exact) mass is 437 g/mol. The van der Waals surface area contributed by atoms with Gasteiger partial charge < -0.3 is 14.6 Å². The highest BCUT2D eigenvalue weighted by molar-refractivity contribution is 6.11. The van der Waals surface area contributed by atoms with Gasteiger partial charge in [-0.15, -0.1) is 0 Å². The standard InChI is InChI=1S/C25H31N3O4/c1-17-15-20(18(2)27(17)13-8-14-32-3)22(29)16-28-23(30)25(26-24(28)31)12-7-6-10-19-9-4-5-11-21(19)25/h4-5,9,11,15H,6-8,10,12-14,16H2,1-3H3,(H,26,31). The molecule has 0 saturated carbocycles. The second-order valence-corrected chi connectivity index (χ2v) is 8.80. The molecule has 1 aliphatic carbocycles. The lowest BCUT2D eigenvalue weighted by molar-refractivity contribution is -0.131. The van der Waals surface area contributed by atoms with Gasteiger partial charge in [0, 0.05) is 37.2 Å². The molecule has 2 aliphatic rings. The summed E-state index contributed by atoms with van der Waals surface area (Å²) in [4.78, 5) is 40.8. The second kappa shape index (κ2) is 8.90. The lowest BCUT2D eigenvalue weighted by Crippen LogP contribution is -2.44. The molecule has 0 bridgehead atoms. The topological polar surface area (TPSA) is 80.6 Å². The van der Waals surface area contributed by atoms with E-state index in [4.69, 9.17) is 4.74 Å². The number of carbonyl (C=O) groups excluding carboxylic acids is 3. The Bertz CT molecular complexity index is 1060. The molecule has 1 unspecified atom stereocenters. The summed E-state index contributed by atoms with van der Waals surface area (Å²) in [6, 6.07) is 9.17. The van der Waals surface area contributed by atoms with Crippen molar-refractivity contribution in [3.05, 3.63) is 58.4 Å². The SMILES string of the molecule is COCCCn1c(C)cc(C(=O)CN2C(=O)NC3(CCCCc4ccccc43)C2=O)c1C. The van der Waals surface area contributed by atoms with Crippen molar-refractivity contribution in [3.63, 3.8) is 0 Å². The molecule has 1 fully saturated rings. The highest BCUT2D eigenvalue weighted by Gasteiger charge is 2.53. The maximum atomic E-state index is 13.6. The van der Waals surface area contributed by atoms with E-state index in [1.807, 2.05) is 44.2 Å². The quantitative estimate of drug-likeness (QED) is 0.408. The van der Waals surface area contributed by atoms with E-state index in [1.165, 1.54) is 0 Å². The van der Waals surface area contributed by atoms with E-state index in [2.05, 4.69) is 9.88 Å². The van der Waals surface area contributed by atoms with Crippen LogP contribution in [0.25, 0.3) is 0 Å². The van der Waals surface area contributed by atoms with Gasteiger partial charge in [0.25, 0.3) is 5.91 Å². The Balaban J connectivity index is 1.58. The van der Waals surface area contributed by atoms with Crippen molar-refractivity contribution in [2.24, 2.45) is 0 Å². The zero-order valence-electron chi connectivity index (χ0n) is 19.1. The number of aryl methyl sites for hydroxylation is 2. The van der Waals surface area contributed by atoms with Crippen molar-refractivity contribution in [1.82, 2.24) is 14.8 Å². The van der Waals surface area contributed by atoms with Crippen LogP contribution in [-0.4, -0.2) is 47.4 Å². The lowest BCUT2D eigenvalue weighted by atomic mass is 9.84. The molecule has 1 aromatic heterocycles. The number of urea groups is 1. The number of nitrogens with zero attached hydrogens (tertiary/aromatic N) is 2. The summed E-state index contributed by atoms with van der Waals surface area (Å²) in [5, 5.41) is 2.95. The van der Waals surface area contributed by atoms with Gasteiger partial charge in [-0.2, -0.15) is 0 Å². The number of imide groups is 1. The molecular formula is C25H31N3O4. The molecule has 1 N–H and O–H groups in total. The molecule has 1 aliphatic heterocycles. The first-order valence-electron chi connectivity index (χ1n) is 11.3. The van der Waals surface area contributed by atoms with Crippen molar-refractivity contribution in [1.29, 1.82) is 0 Å². The zero-order valence-corrected chi connectivity index (χ0v) is 19.1. The van der Waals surface area contributed by atoms with Crippen molar-refractivity contribution in [3.8, 4) is 0 Å². The van der Waals surface area contributed by atoms with Crippen LogP contribution >= 0.6 is 0 Å². The van der Waals surface area contributed by atoms with E-state index in [1.54, 1.807) is 7.11 Å². The number of ether oxygens (including phenoxy) is 1. The number of hydrogen-bond acceptors (Lipinski definition) is 4. The van der Waals surface area contributed by atoms with Crippen LogP contribution in [-0.2, 0) is 28.0 Å². The largest absolute Gasteiger partial charge is 0.385 e. The van der Waals surface area contributed by atoms with Crippen molar-refractivity contribution < 1.29 is 19.1 Å².